The first-order chi connectivity index (χ1) is 17.5. The van der Waals surface area contributed by atoms with Gasteiger partial charge < -0.3 is 5.32 Å². The zero-order chi connectivity index (χ0) is 25.1. The van der Waals surface area contributed by atoms with E-state index in [1.54, 1.807) is 12.4 Å². The fourth-order valence-electron chi connectivity index (χ4n) is 4.03. The van der Waals surface area contributed by atoms with E-state index in [0.29, 0.717) is 11.0 Å². The van der Waals surface area contributed by atoms with Crippen molar-refractivity contribution >= 4 is 23.4 Å². The highest BCUT2D eigenvalue weighted by molar-refractivity contribution is 7.99. The lowest BCUT2D eigenvalue weighted by atomic mass is 10.2. The Kier molecular flexibility index (Phi) is 6.64. The molecule has 1 amide bonds. The highest BCUT2D eigenvalue weighted by Gasteiger charge is 2.20. The number of pyridine rings is 1. The molecule has 0 radical (unpaired) electrons. The predicted octanol–water partition coefficient (Wildman–Crippen LogP) is 5.17. The summed E-state index contributed by atoms with van der Waals surface area (Å²) in [7, 11) is 0. The van der Waals surface area contributed by atoms with E-state index < -0.39 is 0 Å². The number of carbonyl (C=O) groups is 1. The lowest BCUT2D eigenvalue weighted by molar-refractivity contribution is -0.113. The number of rotatable bonds is 7. The van der Waals surface area contributed by atoms with Gasteiger partial charge >= 0.3 is 0 Å². The largest absolute Gasteiger partial charge is 0.322 e. The highest BCUT2D eigenvalue weighted by Crippen LogP contribution is 2.30. The molecule has 0 bridgehead atoms. The Morgan fingerprint density at radius 3 is 2.39 bits per heavy atom. The molecular formula is C27H25N7OS. The van der Waals surface area contributed by atoms with Crippen LogP contribution in [0, 0.1) is 20.8 Å². The van der Waals surface area contributed by atoms with Gasteiger partial charge in [0.05, 0.1) is 34.2 Å². The van der Waals surface area contributed by atoms with Gasteiger partial charge in [0.2, 0.25) is 5.91 Å². The van der Waals surface area contributed by atoms with E-state index >= 15 is 0 Å². The molecule has 0 unspecified atom stereocenters. The van der Waals surface area contributed by atoms with Gasteiger partial charge in [-0.2, -0.15) is 5.10 Å². The van der Waals surface area contributed by atoms with E-state index in [-0.39, 0.29) is 11.7 Å². The van der Waals surface area contributed by atoms with E-state index in [4.69, 9.17) is 0 Å². The number of nitrogens with one attached hydrogen (secondary N) is 1. The lowest BCUT2D eigenvalue weighted by Gasteiger charge is -2.13. The molecule has 0 aliphatic heterocycles. The van der Waals surface area contributed by atoms with Crippen LogP contribution in [-0.4, -0.2) is 41.2 Å². The highest BCUT2D eigenvalue weighted by atomic mass is 32.2. The maximum absolute atomic E-state index is 13.0. The minimum atomic E-state index is -0.136. The van der Waals surface area contributed by atoms with E-state index in [9.17, 15) is 4.79 Å². The molecule has 2 aromatic carbocycles. The number of hydrogen-bond acceptors (Lipinski definition) is 6. The molecule has 3 heterocycles. The number of aromatic nitrogens is 6. The molecule has 0 aliphatic carbocycles. The standard InChI is InChI=1S/C27H25N7OS/c1-18-9-7-8-12-23(18)33-26(21-13-15-28-16-14-21)30-31-27(33)36-17-24(35)29-25-19(2)32-34(20(25)3)22-10-5-4-6-11-22/h4-16H,17H2,1-3H3,(H,29,35). The normalized spacial score (nSPS) is 11.0. The van der Waals surface area contributed by atoms with Crippen molar-refractivity contribution < 1.29 is 4.79 Å². The fourth-order valence-corrected chi connectivity index (χ4v) is 4.78. The van der Waals surface area contributed by atoms with Gasteiger partial charge in [-0.05, 0) is 56.7 Å². The summed E-state index contributed by atoms with van der Waals surface area (Å²) in [6, 6.07) is 21.7. The molecule has 1 N–H and O–H groups in total. The van der Waals surface area contributed by atoms with Crippen LogP contribution in [0.15, 0.2) is 84.3 Å². The summed E-state index contributed by atoms with van der Waals surface area (Å²) in [5, 5.41) is 17.2. The second-order valence-electron chi connectivity index (χ2n) is 8.29. The Morgan fingerprint density at radius 1 is 0.917 bits per heavy atom. The van der Waals surface area contributed by atoms with Crippen molar-refractivity contribution in [3.05, 3.63) is 96.1 Å². The Bertz CT molecular complexity index is 1510. The van der Waals surface area contributed by atoms with Gasteiger partial charge in [-0.1, -0.05) is 48.2 Å². The van der Waals surface area contributed by atoms with Gasteiger partial charge in [-0.15, -0.1) is 10.2 Å². The van der Waals surface area contributed by atoms with Crippen LogP contribution in [0.2, 0.25) is 0 Å². The zero-order valence-corrected chi connectivity index (χ0v) is 21.0. The molecule has 180 valence electrons. The van der Waals surface area contributed by atoms with Crippen molar-refractivity contribution in [2.75, 3.05) is 11.1 Å². The third-order valence-electron chi connectivity index (χ3n) is 5.82. The van der Waals surface area contributed by atoms with Gasteiger partial charge in [0.1, 0.15) is 0 Å². The van der Waals surface area contributed by atoms with E-state index in [1.807, 2.05) is 96.8 Å². The minimum Gasteiger partial charge on any atom is -0.322 e. The van der Waals surface area contributed by atoms with Gasteiger partial charge in [-0.3, -0.25) is 14.3 Å². The van der Waals surface area contributed by atoms with Crippen LogP contribution in [0.3, 0.4) is 0 Å². The number of nitrogens with zero attached hydrogens (tertiary/aromatic N) is 6. The topological polar surface area (TPSA) is 90.5 Å². The molecular weight excluding hydrogens is 470 g/mol. The second-order valence-corrected chi connectivity index (χ2v) is 9.24. The molecule has 5 aromatic rings. The number of aryl methyl sites for hydroxylation is 2. The summed E-state index contributed by atoms with van der Waals surface area (Å²) in [6.07, 6.45) is 3.46. The molecule has 8 nitrogen and oxygen atoms in total. The fraction of sp³-hybridized carbons (Fsp3) is 0.148. The maximum Gasteiger partial charge on any atom is 0.234 e. The van der Waals surface area contributed by atoms with Crippen molar-refractivity contribution in [3.8, 4) is 22.8 Å². The monoisotopic (exact) mass is 495 g/mol. The number of para-hydroxylation sites is 2. The zero-order valence-electron chi connectivity index (χ0n) is 20.2. The first kappa shape index (κ1) is 23.5. The number of amides is 1. The van der Waals surface area contributed by atoms with Crippen LogP contribution >= 0.6 is 11.8 Å². The number of thioether (sulfide) groups is 1. The maximum atomic E-state index is 13.0. The van der Waals surface area contributed by atoms with Gasteiger partial charge in [0.15, 0.2) is 11.0 Å². The average molecular weight is 496 g/mol. The van der Waals surface area contributed by atoms with Crippen LogP contribution in [-0.2, 0) is 4.79 Å². The van der Waals surface area contributed by atoms with Crippen LogP contribution in [0.1, 0.15) is 17.0 Å². The van der Waals surface area contributed by atoms with E-state index in [1.165, 1.54) is 11.8 Å². The first-order valence-electron chi connectivity index (χ1n) is 11.5. The van der Waals surface area contributed by atoms with Crippen molar-refractivity contribution in [2.45, 2.75) is 25.9 Å². The SMILES string of the molecule is Cc1ccccc1-n1c(SCC(=O)Nc2c(C)nn(-c3ccccc3)c2C)nnc1-c1ccncc1. The van der Waals surface area contributed by atoms with Crippen molar-refractivity contribution in [2.24, 2.45) is 0 Å². The van der Waals surface area contributed by atoms with Crippen molar-refractivity contribution in [3.63, 3.8) is 0 Å². The van der Waals surface area contributed by atoms with Crippen LogP contribution in [0.4, 0.5) is 5.69 Å². The predicted molar refractivity (Wildman–Crippen MR) is 142 cm³/mol. The molecule has 0 spiro atoms. The summed E-state index contributed by atoms with van der Waals surface area (Å²) in [6.45, 7) is 5.89. The van der Waals surface area contributed by atoms with Gasteiger partial charge in [0, 0.05) is 18.0 Å². The third kappa shape index (κ3) is 4.65. The Balaban J connectivity index is 1.39. The Morgan fingerprint density at radius 2 is 1.64 bits per heavy atom. The Hall–Kier alpha value is -4.24. The first-order valence-corrected chi connectivity index (χ1v) is 12.5. The Labute approximate surface area is 213 Å². The molecule has 0 saturated heterocycles. The van der Waals surface area contributed by atoms with E-state index in [0.717, 1.165) is 39.6 Å². The van der Waals surface area contributed by atoms with Crippen LogP contribution in [0.5, 0.6) is 0 Å². The number of carbonyl (C=O) groups excluding carboxylic acids is 1. The summed E-state index contributed by atoms with van der Waals surface area (Å²) in [4.78, 5) is 17.1. The quantitative estimate of drug-likeness (QED) is 0.313. The van der Waals surface area contributed by atoms with Gasteiger partial charge in [0.25, 0.3) is 0 Å². The average Bonchev–Trinajstić information content (AvgIpc) is 3.45. The number of hydrogen-bond donors (Lipinski definition) is 1. The summed E-state index contributed by atoms with van der Waals surface area (Å²) < 4.78 is 3.83. The molecule has 0 saturated carbocycles. The molecule has 5 rings (SSSR count). The number of anilines is 1. The molecule has 0 aliphatic rings. The second kappa shape index (κ2) is 10.2. The van der Waals surface area contributed by atoms with Crippen LogP contribution < -0.4 is 5.32 Å². The number of benzene rings is 2. The molecule has 0 fully saturated rings. The molecule has 0 atom stereocenters. The lowest BCUT2D eigenvalue weighted by Crippen LogP contribution is -2.16. The van der Waals surface area contributed by atoms with Gasteiger partial charge in [-0.25, -0.2) is 4.68 Å². The molecule has 3 aromatic heterocycles. The van der Waals surface area contributed by atoms with Crippen molar-refractivity contribution in [1.29, 1.82) is 0 Å². The third-order valence-corrected chi connectivity index (χ3v) is 6.75. The smallest absolute Gasteiger partial charge is 0.234 e. The molecule has 9 heteroatoms. The van der Waals surface area contributed by atoms with Crippen molar-refractivity contribution in [1.82, 2.24) is 29.5 Å². The van der Waals surface area contributed by atoms with Crippen LogP contribution in [0.25, 0.3) is 22.8 Å². The minimum absolute atomic E-state index is 0.136. The molecule has 36 heavy (non-hydrogen) atoms. The summed E-state index contributed by atoms with van der Waals surface area (Å²) >= 11 is 1.34. The van der Waals surface area contributed by atoms with E-state index in [2.05, 4.69) is 25.6 Å². The summed E-state index contributed by atoms with van der Waals surface area (Å²) in [5.41, 5.74) is 6.26. The summed E-state index contributed by atoms with van der Waals surface area (Å²) in [5.74, 6) is 0.740.